The van der Waals surface area contributed by atoms with Crippen LogP contribution < -0.4 is 5.32 Å². The highest BCUT2D eigenvalue weighted by Crippen LogP contribution is 2.18. The van der Waals surface area contributed by atoms with Gasteiger partial charge in [0.05, 0.1) is 6.42 Å². The molecule has 0 saturated carbocycles. The number of halogens is 1. The summed E-state index contributed by atoms with van der Waals surface area (Å²) >= 11 is 0. The Balaban J connectivity index is 2.13. The third-order valence-corrected chi connectivity index (χ3v) is 2.61. The van der Waals surface area contributed by atoms with Crippen molar-refractivity contribution in [2.75, 3.05) is 5.32 Å². The van der Waals surface area contributed by atoms with Gasteiger partial charge in [-0.3, -0.25) is 9.78 Å². The second-order valence-corrected chi connectivity index (χ2v) is 4.09. The molecule has 1 aromatic heterocycles. The van der Waals surface area contributed by atoms with Crippen molar-refractivity contribution in [1.29, 1.82) is 0 Å². The van der Waals surface area contributed by atoms with Crippen LogP contribution >= 0.6 is 0 Å². The fourth-order valence-corrected chi connectivity index (χ4v) is 1.74. The maximum Gasteiger partial charge on any atom is 0.307 e. The molecule has 0 fully saturated rings. The number of carbonyl (C=O) groups is 1. The number of hydrogen-bond donors (Lipinski definition) is 2. The first-order valence-corrected chi connectivity index (χ1v) is 5.78. The van der Waals surface area contributed by atoms with Crippen molar-refractivity contribution < 1.29 is 14.3 Å². The molecule has 4 nitrogen and oxygen atoms in total. The van der Waals surface area contributed by atoms with Gasteiger partial charge in [-0.1, -0.05) is 6.07 Å². The number of rotatable bonds is 5. The maximum atomic E-state index is 13.1. The number of hydrogen-bond acceptors (Lipinski definition) is 3. The quantitative estimate of drug-likeness (QED) is 0.866. The molecule has 0 aliphatic carbocycles. The van der Waals surface area contributed by atoms with Crippen molar-refractivity contribution in [3.8, 4) is 0 Å². The molecule has 0 spiro atoms. The highest BCUT2D eigenvalue weighted by molar-refractivity contribution is 5.73. The summed E-state index contributed by atoms with van der Waals surface area (Å²) in [6, 6.07) is 7.81. The van der Waals surface area contributed by atoms with E-state index in [9.17, 15) is 9.18 Å². The normalized spacial score (nSPS) is 10.2. The van der Waals surface area contributed by atoms with E-state index in [1.807, 2.05) is 12.1 Å². The van der Waals surface area contributed by atoms with Crippen LogP contribution in [0.4, 0.5) is 10.1 Å². The molecule has 0 aliphatic heterocycles. The van der Waals surface area contributed by atoms with E-state index in [1.54, 1.807) is 18.5 Å². The summed E-state index contributed by atoms with van der Waals surface area (Å²) in [5.41, 5.74) is 2.01. The summed E-state index contributed by atoms with van der Waals surface area (Å²) in [4.78, 5) is 14.7. The van der Waals surface area contributed by atoms with Crippen LogP contribution in [0.25, 0.3) is 0 Å². The molecular formula is C14H13FN2O2. The number of nitrogens with one attached hydrogen (secondary N) is 1. The van der Waals surface area contributed by atoms with Crippen LogP contribution in [0.1, 0.15) is 11.1 Å². The Hall–Kier alpha value is -2.43. The van der Waals surface area contributed by atoms with Crippen molar-refractivity contribution in [3.63, 3.8) is 0 Å². The Morgan fingerprint density at radius 2 is 2.21 bits per heavy atom. The molecule has 2 rings (SSSR count). The molecule has 0 aliphatic rings. The van der Waals surface area contributed by atoms with Gasteiger partial charge in [0.15, 0.2) is 0 Å². The number of nitrogens with zero attached hydrogens (tertiary/aromatic N) is 1. The van der Waals surface area contributed by atoms with Crippen LogP contribution in [-0.4, -0.2) is 16.1 Å². The average molecular weight is 260 g/mol. The number of anilines is 1. The van der Waals surface area contributed by atoms with Crippen molar-refractivity contribution in [2.45, 2.75) is 13.0 Å². The second kappa shape index (κ2) is 5.95. The SMILES string of the molecule is O=C(O)Cc1cc(F)ccc1NCc1cccnc1. The van der Waals surface area contributed by atoms with Gasteiger partial charge in [-0.25, -0.2) is 4.39 Å². The standard InChI is InChI=1S/C14H13FN2O2/c15-12-3-4-13(11(6-12)7-14(18)19)17-9-10-2-1-5-16-8-10/h1-6,8,17H,7,9H2,(H,18,19). The van der Waals surface area contributed by atoms with Crippen LogP contribution in [0, 0.1) is 5.82 Å². The molecule has 0 saturated heterocycles. The Labute approximate surface area is 109 Å². The summed E-state index contributed by atoms with van der Waals surface area (Å²) in [6.45, 7) is 0.506. The molecule has 2 N–H and O–H groups in total. The van der Waals surface area contributed by atoms with Gasteiger partial charge in [-0.05, 0) is 35.4 Å². The average Bonchev–Trinajstić information content (AvgIpc) is 2.38. The minimum absolute atomic E-state index is 0.215. The van der Waals surface area contributed by atoms with Crippen LogP contribution in [-0.2, 0) is 17.8 Å². The molecule has 98 valence electrons. The molecule has 19 heavy (non-hydrogen) atoms. The van der Waals surface area contributed by atoms with E-state index in [0.29, 0.717) is 17.8 Å². The lowest BCUT2D eigenvalue weighted by molar-refractivity contribution is -0.136. The monoisotopic (exact) mass is 260 g/mol. The predicted molar refractivity (Wildman–Crippen MR) is 69.3 cm³/mol. The maximum absolute atomic E-state index is 13.1. The first kappa shape index (κ1) is 13.0. The molecule has 1 aromatic carbocycles. The summed E-state index contributed by atoms with van der Waals surface area (Å²) < 4.78 is 13.1. The van der Waals surface area contributed by atoms with Gasteiger partial charge in [0.2, 0.25) is 0 Å². The lowest BCUT2D eigenvalue weighted by atomic mass is 10.1. The van der Waals surface area contributed by atoms with Crippen LogP contribution in [0.15, 0.2) is 42.7 Å². The van der Waals surface area contributed by atoms with E-state index in [2.05, 4.69) is 10.3 Å². The highest BCUT2D eigenvalue weighted by Gasteiger charge is 2.08. The zero-order valence-corrected chi connectivity index (χ0v) is 10.1. The smallest absolute Gasteiger partial charge is 0.307 e. The molecule has 5 heteroatoms. The first-order valence-electron chi connectivity index (χ1n) is 5.78. The van der Waals surface area contributed by atoms with Crippen LogP contribution in [0.5, 0.6) is 0 Å². The second-order valence-electron chi connectivity index (χ2n) is 4.09. The topological polar surface area (TPSA) is 62.2 Å². The lowest BCUT2D eigenvalue weighted by Gasteiger charge is -2.11. The molecule has 2 aromatic rings. The molecule has 0 bridgehead atoms. The summed E-state index contributed by atoms with van der Waals surface area (Å²) in [7, 11) is 0. The van der Waals surface area contributed by atoms with Crippen molar-refractivity contribution in [1.82, 2.24) is 4.98 Å². The van der Waals surface area contributed by atoms with E-state index in [1.165, 1.54) is 12.1 Å². The predicted octanol–water partition coefficient (Wildman–Crippen LogP) is 2.46. The van der Waals surface area contributed by atoms with Gasteiger partial charge in [0.1, 0.15) is 5.82 Å². The van der Waals surface area contributed by atoms with E-state index >= 15 is 0 Å². The summed E-state index contributed by atoms with van der Waals surface area (Å²) in [5.74, 6) is -1.43. The van der Waals surface area contributed by atoms with Gasteiger partial charge in [-0.15, -0.1) is 0 Å². The molecule has 0 atom stereocenters. The van der Waals surface area contributed by atoms with Gasteiger partial charge in [0, 0.05) is 24.6 Å². The number of aliphatic carboxylic acids is 1. The third kappa shape index (κ3) is 3.77. The fraction of sp³-hybridized carbons (Fsp3) is 0.143. The number of pyridine rings is 1. The number of benzene rings is 1. The van der Waals surface area contributed by atoms with Gasteiger partial charge >= 0.3 is 5.97 Å². The van der Waals surface area contributed by atoms with E-state index < -0.39 is 11.8 Å². The zero-order valence-electron chi connectivity index (χ0n) is 10.1. The Bertz CT molecular complexity index is 573. The summed E-state index contributed by atoms with van der Waals surface area (Å²) in [6.07, 6.45) is 3.18. The Kier molecular flexibility index (Phi) is 4.07. The van der Waals surface area contributed by atoms with Crippen molar-refractivity contribution in [3.05, 3.63) is 59.7 Å². The minimum atomic E-state index is -0.991. The third-order valence-electron chi connectivity index (χ3n) is 2.61. The first-order chi connectivity index (χ1) is 9.15. The number of carboxylic acids is 1. The number of aromatic nitrogens is 1. The molecule has 0 radical (unpaired) electrons. The van der Waals surface area contributed by atoms with E-state index in [-0.39, 0.29) is 6.42 Å². The summed E-state index contributed by atoms with van der Waals surface area (Å²) in [5, 5.41) is 11.9. The van der Waals surface area contributed by atoms with Gasteiger partial charge in [0.25, 0.3) is 0 Å². The lowest BCUT2D eigenvalue weighted by Crippen LogP contribution is -2.07. The highest BCUT2D eigenvalue weighted by atomic mass is 19.1. The Morgan fingerprint density at radius 3 is 2.89 bits per heavy atom. The van der Waals surface area contributed by atoms with Crippen LogP contribution in [0.3, 0.4) is 0 Å². The van der Waals surface area contributed by atoms with Crippen molar-refractivity contribution in [2.24, 2.45) is 0 Å². The van der Waals surface area contributed by atoms with Gasteiger partial charge < -0.3 is 10.4 Å². The van der Waals surface area contributed by atoms with Crippen LogP contribution in [0.2, 0.25) is 0 Å². The zero-order chi connectivity index (χ0) is 13.7. The largest absolute Gasteiger partial charge is 0.481 e. The molecule has 0 amide bonds. The van der Waals surface area contributed by atoms with Gasteiger partial charge in [-0.2, -0.15) is 0 Å². The van der Waals surface area contributed by atoms with E-state index in [4.69, 9.17) is 5.11 Å². The molecule has 0 unspecified atom stereocenters. The molecular weight excluding hydrogens is 247 g/mol. The molecule has 1 heterocycles. The number of carboxylic acid groups (broad SMARTS) is 1. The Morgan fingerprint density at radius 1 is 1.37 bits per heavy atom. The fourth-order valence-electron chi connectivity index (χ4n) is 1.74. The minimum Gasteiger partial charge on any atom is -0.481 e. The van der Waals surface area contributed by atoms with Crippen molar-refractivity contribution >= 4 is 11.7 Å². The van der Waals surface area contributed by atoms with E-state index in [0.717, 1.165) is 5.56 Å².